The molecular formula is C14H29N3O2S. The molecule has 1 atom stereocenters. The van der Waals surface area contributed by atoms with Crippen LogP contribution in [0.1, 0.15) is 47.0 Å². The number of guanidine groups is 1. The van der Waals surface area contributed by atoms with Gasteiger partial charge in [-0.15, -0.1) is 0 Å². The lowest BCUT2D eigenvalue weighted by molar-refractivity contribution is 0.368. The molecule has 0 radical (unpaired) electrons. The fourth-order valence-corrected chi connectivity index (χ4v) is 3.90. The molecule has 1 saturated heterocycles. The van der Waals surface area contributed by atoms with E-state index in [9.17, 15) is 8.42 Å². The zero-order valence-electron chi connectivity index (χ0n) is 13.2. The van der Waals surface area contributed by atoms with Gasteiger partial charge in [-0.3, -0.25) is 4.99 Å². The molecule has 0 spiro atoms. The van der Waals surface area contributed by atoms with Crippen molar-refractivity contribution < 1.29 is 8.42 Å². The van der Waals surface area contributed by atoms with Crippen molar-refractivity contribution in [1.29, 1.82) is 0 Å². The van der Waals surface area contributed by atoms with Gasteiger partial charge in [-0.2, -0.15) is 0 Å². The summed E-state index contributed by atoms with van der Waals surface area (Å²) in [5.41, 5.74) is 0.334. The average Bonchev–Trinajstić information content (AvgIpc) is 2.63. The monoisotopic (exact) mass is 303 g/mol. The van der Waals surface area contributed by atoms with E-state index in [1.165, 1.54) is 0 Å². The predicted molar refractivity (Wildman–Crippen MR) is 84.9 cm³/mol. The number of rotatable bonds is 5. The van der Waals surface area contributed by atoms with Gasteiger partial charge in [-0.1, -0.05) is 20.8 Å². The van der Waals surface area contributed by atoms with E-state index in [0.29, 0.717) is 11.8 Å². The van der Waals surface area contributed by atoms with Gasteiger partial charge in [-0.25, -0.2) is 8.42 Å². The highest BCUT2D eigenvalue weighted by molar-refractivity contribution is 7.91. The van der Waals surface area contributed by atoms with Crippen molar-refractivity contribution in [3.8, 4) is 0 Å². The van der Waals surface area contributed by atoms with E-state index in [-0.39, 0.29) is 17.5 Å². The molecule has 118 valence electrons. The van der Waals surface area contributed by atoms with Crippen molar-refractivity contribution in [2.24, 2.45) is 10.4 Å². The van der Waals surface area contributed by atoms with Crippen LogP contribution in [0.25, 0.3) is 0 Å². The minimum atomic E-state index is -2.85. The first-order valence-corrected chi connectivity index (χ1v) is 9.29. The van der Waals surface area contributed by atoms with E-state index in [1.807, 2.05) is 6.92 Å². The first kappa shape index (κ1) is 17.3. The highest BCUT2D eigenvalue weighted by Crippen LogP contribution is 2.20. The Bertz CT molecular complexity index is 424. The second-order valence-electron chi connectivity index (χ2n) is 6.67. The van der Waals surface area contributed by atoms with Crippen LogP contribution < -0.4 is 10.6 Å². The molecule has 2 N–H and O–H groups in total. The summed E-state index contributed by atoms with van der Waals surface area (Å²) in [6, 6.07) is 0.000385. The minimum absolute atomic E-state index is 0.000385. The van der Waals surface area contributed by atoms with Gasteiger partial charge >= 0.3 is 0 Å². The summed E-state index contributed by atoms with van der Waals surface area (Å²) in [4.78, 5) is 4.53. The molecule has 1 heterocycles. The van der Waals surface area contributed by atoms with Crippen molar-refractivity contribution in [2.75, 3.05) is 24.6 Å². The molecule has 1 unspecified atom stereocenters. The summed E-state index contributed by atoms with van der Waals surface area (Å²) >= 11 is 0. The molecule has 0 bridgehead atoms. The molecule has 20 heavy (non-hydrogen) atoms. The second-order valence-corrected chi connectivity index (χ2v) is 8.90. The smallest absolute Gasteiger partial charge is 0.191 e. The Morgan fingerprint density at radius 1 is 1.35 bits per heavy atom. The standard InChI is InChI=1S/C14H29N3O2S/c1-5-15-13(16-9-6-8-14(2,3)4)17-12-7-10-20(18,19)11-12/h12H,5-11H2,1-4H3,(H2,15,16,17). The SMILES string of the molecule is CCNC(=NCCCC(C)(C)C)NC1CCS(=O)(=O)C1. The maximum Gasteiger partial charge on any atom is 0.191 e. The topological polar surface area (TPSA) is 70.6 Å². The fraction of sp³-hybridized carbons (Fsp3) is 0.929. The number of hydrogen-bond acceptors (Lipinski definition) is 3. The maximum absolute atomic E-state index is 11.5. The van der Waals surface area contributed by atoms with E-state index in [2.05, 4.69) is 36.4 Å². The Balaban J connectivity index is 2.43. The Kier molecular flexibility index (Phi) is 6.30. The van der Waals surface area contributed by atoms with E-state index in [4.69, 9.17) is 0 Å². The molecule has 1 fully saturated rings. The molecule has 0 aromatic heterocycles. The van der Waals surface area contributed by atoms with Gasteiger partial charge in [0.25, 0.3) is 0 Å². The summed E-state index contributed by atoms with van der Waals surface area (Å²) in [7, 11) is -2.85. The molecule has 0 saturated carbocycles. The normalized spacial score (nSPS) is 22.8. The largest absolute Gasteiger partial charge is 0.357 e. The lowest BCUT2D eigenvalue weighted by Gasteiger charge is -2.18. The first-order valence-electron chi connectivity index (χ1n) is 7.47. The van der Waals surface area contributed by atoms with Crippen LogP contribution in [0, 0.1) is 5.41 Å². The van der Waals surface area contributed by atoms with Crippen LogP contribution in [0.2, 0.25) is 0 Å². The molecule has 1 aliphatic rings. The van der Waals surface area contributed by atoms with Crippen molar-refractivity contribution in [2.45, 2.75) is 53.0 Å². The van der Waals surface area contributed by atoms with Gasteiger partial charge in [0, 0.05) is 19.1 Å². The lowest BCUT2D eigenvalue weighted by atomic mass is 9.91. The second kappa shape index (κ2) is 7.29. The third kappa shape index (κ3) is 7.12. The maximum atomic E-state index is 11.5. The Morgan fingerprint density at radius 3 is 2.55 bits per heavy atom. The van der Waals surface area contributed by atoms with Crippen LogP contribution in [-0.2, 0) is 9.84 Å². The summed E-state index contributed by atoms with van der Waals surface area (Å²) < 4.78 is 22.9. The lowest BCUT2D eigenvalue weighted by Crippen LogP contribution is -2.44. The van der Waals surface area contributed by atoms with Crippen LogP contribution in [0.4, 0.5) is 0 Å². The fourth-order valence-electron chi connectivity index (χ4n) is 2.22. The van der Waals surface area contributed by atoms with Crippen LogP contribution in [0.3, 0.4) is 0 Å². The van der Waals surface area contributed by atoms with Gasteiger partial charge in [0.2, 0.25) is 0 Å². The number of nitrogens with one attached hydrogen (secondary N) is 2. The molecule has 0 aromatic carbocycles. The number of hydrogen-bond donors (Lipinski definition) is 2. The zero-order chi connectivity index (χ0) is 15.2. The third-order valence-electron chi connectivity index (χ3n) is 3.27. The first-order chi connectivity index (χ1) is 9.22. The van der Waals surface area contributed by atoms with E-state index >= 15 is 0 Å². The quantitative estimate of drug-likeness (QED) is 0.459. The highest BCUT2D eigenvalue weighted by Gasteiger charge is 2.28. The molecule has 1 rings (SSSR count). The predicted octanol–water partition coefficient (Wildman–Crippen LogP) is 1.55. The van der Waals surface area contributed by atoms with Crippen molar-refractivity contribution >= 4 is 15.8 Å². The number of sulfone groups is 1. The van der Waals surface area contributed by atoms with Gasteiger partial charge in [0.15, 0.2) is 15.8 Å². The molecule has 6 heteroatoms. The molecule has 0 aliphatic carbocycles. The van der Waals surface area contributed by atoms with Gasteiger partial charge in [-0.05, 0) is 31.6 Å². The zero-order valence-corrected chi connectivity index (χ0v) is 14.0. The van der Waals surface area contributed by atoms with Crippen molar-refractivity contribution in [1.82, 2.24) is 10.6 Å². The molecule has 0 amide bonds. The summed E-state index contributed by atoms with van der Waals surface area (Å²) in [5, 5.41) is 6.41. The van der Waals surface area contributed by atoms with E-state index in [1.54, 1.807) is 0 Å². The Hall–Kier alpha value is -0.780. The van der Waals surface area contributed by atoms with Gasteiger partial charge in [0.1, 0.15) is 0 Å². The van der Waals surface area contributed by atoms with Crippen LogP contribution >= 0.6 is 0 Å². The summed E-state index contributed by atoms with van der Waals surface area (Å²) in [5.74, 6) is 1.25. The Morgan fingerprint density at radius 2 is 2.05 bits per heavy atom. The van der Waals surface area contributed by atoms with Gasteiger partial charge < -0.3 is 10.6 Å². The molecular weight excluding hydrogens is 274 g/mol. The van der Waals surface area contributed by atoms with E-state index < -0.39 is 9.84 Å². The average molecular weight is 303 g/mol. The third-order valence-corrected chi connectivity index (χ3v) is 5.04. The Labute approximate surface area is 123 Å². The van der Waals surface area contributed by atoms with E-state index in [0.717, 1.165) is 31.9 Å². The summed E-state index contributed by atoms with van der Waals surface area (Å²) in [6.45, 7) is 10.2. The van der Waals surface area contributed by atoms with Crippen LogP contribution in [0.15, 0.2) is 4.99 Å². The highest BCUT2D eigenvalue weighted by atomic mass is 32.2. The van der Waals surface area contributed by atoms with Crippen LogP contribution in [-0.4, -0.2) is 45.0 Å². The number of aliphatic imine (C=N–C) groups is 1. The van der Waals surface area contributed by atoms with Crippen molar-refractivity contribution in [3.05, 3.63) is 0 Å². The molecule has 5 nitrogen and oxygen atoms in total. The van der Waals surface area contributed by atoms with Crippen molar-refractivity contribution in [3.63, 3.8) is 0 Å². The van der Waals surface area contributed by atoms with Crippen LogP contribution in [0.5, 0.6) is 0 Å². The summed E-state index contributed by atoms with van der Waals surface area (Å²) in [6.07, 6.45) is 2.85. The molecule has 1 aliphatic heterocycles. The molecule has 0 aromatic rings. The number of nitrogens with zero attached hydrogens (tertiary/aromatic N) is 1. The van der Waals surface area contributed by atoms with Gasteiger partial charge in [0.05, 0.1) is 11.5 Å². The minimum Gasteiger partial charge on any atom is -0.357 e.